The van der Waals surface area contributed by atoms with Gasteiger partial charge in [0.1, 0.15) is 0 Å². The molecule has 2 aromatic rings. The Balaban J connectivity index is 0.00000144. The normalized spacial score (nSPS) is 9.47. The highest BCUT2D eigenvalue weighted by molar-refractivity contribution is 5.85. The maximum atomic E-state index is 2.35. The second-order valence-corrected chi connectivity index (χ2v) is 3.82. The molecule has 0 aliphatic carbocycles. The first-order chi connectivity index (χ1) is 7.92. The molecule has 0 fully saturated rings. The third-order valence-electron chi connectivity index (χ3n) is 2.58. The van der Waals surface area contributed by atoms with Crippen LogP contribution < -0.4 is 4.90 Å². The highest BCUT2D eigenvalue weighted by atomic mass is 35.5. The van der Waals surface area contributed by atoms with Crippen molar-refractivity contribution >= 4 is 23.8 Å². The molecule has 0 heterocycles. The van der Waals surface area contributed by atoms with Gasteiger partial charge in [-0.15, -0.1) is 12.4 Å². The zero-order chi connectivity index (χ0) is 11.2. The molecule has 1 nitrogen and oxygen atoms in total. The van der Waals surface area contributed by atoms with Crippen LogP contribution in [0, 0.1) is 0 Å². The number of nitrogens with zero attached hydrogens (tertiary/aromatic N) is 1. The van der Waals surface area contributed by atoms with Crippen LogP contribution in [-0.4, -0.2) is 6.54 Å². The molecule has 2 aromatic carbocycles. The van der Waals surface area contributed by atoms with Crippen molar-refractivity contribution in [2.45, 2.75) is 13.3 Å². The molecule has 2 heteroatoms. The fourth-order valence-electron chi connectivity index (χ4n) is 1.85. The molecule has 0 aromatic heterocycles. The molecule has 0 amide bonds. The second-order valence-electron chi connectivity index (χ2n) is 3.82. The zero-order valence-corrected chi connectivity index (χ0v) is 10.9. The summed E-state index contributed by atoms with van der Waals surface area (Å²) in [7, 11) is 0. The molecule has 0 saturated carbocycles. The first-order valence-electron chi connectivity index (χ1n) is 5.79. The summed E-state index contributed by atoms with van der Waals surface area (Å²) in [5.74, 6) is 0. The molecular weight excluding hydrogens is 230 g/mol. The molecule has 90 valence electrons. The SMILES string of the molecule is CCCN(c1ccccc1)c1ccccc1.Cl. The molecular formula is C15H18ClN. The van der Waals surface area contributed by atoms with Crippen molar-refractivity contribution < 1.29 is 0 Å². The average molecular weight is 248 g/mol. The number of hydrogen-bond acceptors (Lipinski definition) is 1. The van der Waals surface area contributed by atoms with Gasteiger partial charge in [-0.25, -0.2) is 0 Å². The van der Waals surface area contributed by atoms with Crippen LogP contribution in [0.2, 0.25) is 0 Å². The summed E-state index contributed by atoms with van der Waals surface area (Å²) in [6.07, 6.45) is 1.14. The molecule has 0 aliphatic heterocycles. The summed E-state index contributed by atoms with van der Waals surface area (Å²) in [5.41, 5.74) is 2.52. The quantitative estimate of drug-likeness (QED) is 0.760. The number of rotatable bonds is 4. The van der Waals surface area contributed by atoms with Gasteiger partial charge in [0.05, 0.1) is 0 Å². The fraction of sp³-hybridized carbons (Fsp3) is 0.200. The van der Waals surface area contributed by atoms with Gasteiger partial charge in [0, 0.05) is 17.9 Å². The van der Waals surface area contributed by atoms with Gasteiger partial charge in [0.2, 0.25) is 0 Å². The molecule has 0 atom stereocenters. The lowest BCUT2D eigenvalue weighted by molar-refractivity contribution is 0.886. The fourth-order valence-corrected chi connectivity index (χ4v) is 1.85. The van der Waals surface area contributed by atoms with E-state index in [1.807, 2.05) is 0 Å². The van der Waals surface area contributed by atoms with E-state index >= 15 is 0 Å². The van der Waals surface area contributed by atoms with Gasteiger partial charge in [0.25, 0.3) is 0 Å². The van der Waals surface area contributed by atoms with Crippen LogP contribution in [0.4, 0.5) is 11.4 Å². The Labute approximate surface area is 109 Å². The maximum Gasteiger partial charge on any atom is 0.0410 e. The van der Waals surface area contributed by atoms with Gasteiger partial charge < -0.3 is 4.90 Å². The zero-order valence-electron chi connectivity index (χ0n) is 10.0. The van der Waals surface area contributed by atoms with E-state index < -0.39 is 0 Å². The Morgan fingerprint density at radius 3 is 1.53 bits per heavy atom. The van der Waals surface area contributed by atoms with Crippen LogP contribution in [0.1, 0.15) is 13.3 Å². The smallest absolute Gasteiger partial charge is 0.0410 e. The van der Waals surface area contributed by atoms with E-state index in [1.165, 1.54) is 11.4 Å². The first kappa shape index (κ1) is 13.6. The lowest BCUT2D eigenvalue weighted by Gasteiger charge is -2.24. The van der Waals surface area contributed by atoms with E-state index in [0.717, 1.165) is 13.0 Å². The van der Waals surface area contributed by atoms with Crippen molar-refractivity contribution in [2.24, 2.45) is 0 Å². The van der Waals surface area contributed by atoms with E-state index in [4.69, 9.17) is 0 Å². The van der Waals surface area contributed by atoms with Gasteiger partial charge in [-0.2, -0.15) is 0 Å². The minimum atomic E-state index is 0. The van der Waals surface area contributed by atoms with Crippen LogP contribution in [0.25, 0.3) is 0 Å². The van der Waals surface area contributed by atoms with Crippen molar-refractivity contribution in [2.75, 3.05) is 11.4 Å². The summed E-state index contributed by atoms with van der Waals surface area (Å²) < 4.78 is 0. The molecule has 17 heavy (non-hydrogen) atoms. The van der Waals surface area contributed by atoms with Gasteiger partial charge in [0.15, 0.2) is 0 Å². The molecule has 0 bridgehead atoms. The summed E-state index contributed by atoms with van der Waals surface area (Å²) in [5, 5.41) is 0. The van der Waals surface area contributed by atoms with Crippen molar-refractivity contribution in [3.63, 3.8) is 0 Å². The largest absolute Gasteiger partial charge is 0.342 e. The Morgan fingerprint density at radius 1 is 0.765 bits per heavy atom. The van der Waals surface area contributed by atoms with Crippen LogP contribution in [0.3, 0.4) is 0 Å². The van der Waals surface area contributed by atoms with Crippen LogP contribution >= 0.6 is 12.4 Å². The Morgan fingerprint density at radius 2 is 1.18 bits per heavy atom. The van der Waals surface area contributed by atoms with Gasteiger partial charge in [-0.1, -0.05) is 43.3 Å². The van der Waals surface area contributed by atoms with Crippen molar-refractivity contribution in [1.82, 2.24) is 0 Å². The maximum absolute atomic E-state index is 2.35. The third kappa shape index (κ3) is 3.50. The molecule has 0 aliphatic rings. The van der Waals surface area contributed by atoms with Crippen LogP contribution in [-0.2, 0) is 0 Å². The average Bonchev–Trinajstić information content (AvgIpc) is 2.38. The highest BCUT2D eigenvalue weighted by Gasteiger charge is 2.06. The summed E-state index contributed by atoms with van der Waals surface area (Å²) >= 11 is 0. The van der Waals surface area contributed by atoms with Crippen molar-refractivity contribution in [3.05, 3.63) is 60.7 Å². The highest BCUT2D eigenvalue weighted by Crippen LogP contribution is 2.24. The molecule has 0 N–H and O–H groups in total. The number of hydrogen-bond donors (Lipinski definition) is 0. The van der Waals surface area contributed by atoms with Gasteiger partial charge in [-0.05, 0) is 30.7 Å². The predicted octanol–water partition coefficient (Wildman–Crippen LogP) is 4.66. The summed E-state index contributed by atoms with van der Waals surface area (Å²) in [6, 6.07) is 21.1. The Bertz CT molecular complexity index is 374. The molecule has 0 spiro atoms. The van der Waals surface area contributed by atoms with Crippen LogP contribution in [0.15, 0.2) is 60.7 Å². The standard InChI is InChI=1S/C15H17N.ClH/c1-2-13-16(14-9-5-3-6-10-14)15-11-7-4-8-12-15;/h3-12H,2,13H2,1H3;1H. The van der Waals surface area contributed by atoms with E-state index in [0.29, 0.717) is 0 Å². The minimum Gasteiger partial charge on any atom is -0.342 e. The van der Waals surface area contributed by atoms with E-state index in [9.17, 15) is 0 Å². The van der Waals surface area contributed by atoms with Gasteiger partial charge >= 0.3 is 0 Å². The first-order valence-corrected chi connectivity index (χ1v) is 5.79. The molecule has 0 radical (unpaired) electrons. The van der Waals surface area contributed by atoms with E-state index in [1.54, 1.807) is 0 Å². The Hall–Kier alpha value is -1.47. The summed E-state index contributed by atoms with van der Waals surface area (Å²) in [4.78, 5) is 2.35. The number of anilines is 2. The van der Waals surface area contributed by atoms with Crippen molar-refractivity contribution in [3.8, 4) is 0 Å². The lowest BCUT2D eigenvalue weighted by Crippen LogP contribution is -2.17. The van der Waals surface area contributed by atoms with Crippen LogP contribution in [0.5, 0.6) is 0 Å². The molecule has 0 saturated heterocycles. The number of benzene rings is 2. The van der Waals surface area contributed by atoms with Crippen molar-refractivity contribution in [1.29, 1.82) is 0 Å². The van der Waals surface area contributed by atoms with E-state index in [-0.39, 0.29) is 12.4 Å². The van der Waals surface area contributed by atoms with Gasteiger partial charge in [-0.3, -0.25) is 0 Å². The minimum absolute atomic E-state index is 0. The Kier molecular flexibility index (Phi) is 5.58. The lowest BCUT2D eigenvalue weighted by atomic mass is 10.2. The second kappa shape index (κ2) is 6.97. The van der Waals surface area contributed by atoms with E-state index in [2.05, 4.69) is 72.5 Å². The molecule has 2 rings (SSSR count). The number of halogens is 1. The molecule has 0 unspecified atom stereocenters. The predicted molar refractivity (Wildman–Crippen MR) is 77.4 cm³/mol. The number of para-hydroxylation sites is 2. The topological polar surface area (TPSA) is 3.24 Å². The third-order valence-corrected chi connectivity index (χ3v) is 2.58. The monoisotopic (exact) mass is 247 g/mol. The summed E-state index contributed by atoms with van der Waals surface area (Å²) in [6.45, 7) is 3.26.